The molecule has 20 heavy (non-hydrogen) atoms. The van der Waals surface area contributed by atoms with Crippen LogP contribution in [-0.2, 0) is 13.6 Å². The number of benzene rings is 1. The van der Waals surface area contributed by atoms with Gasteiger partial charge in [-0.25, -0.2) is 0 Å². The van der Waals surface area contributed by atoms with Gasteiger partial charge in [0.05, 0.1) is 12.3 Å². The molecule has 1 aliphatic rings. The lowest BCUT2D eigenvalue weighted by molar-refractivity contribution is 0.252. The number of aryl methyl sites for hydroxylation is 2. The van der Waals surface area contributed by atoms with E-state index in [-0.39, 0.29) is 0 Å². The molecule has 1 aliphatic heterocycles. The molecule has 0 bridgehead atoms. The van der Waals surface area contributed by atoms with Gasteiger partial charge in [0.1, 0.15) is 5.75 Å². The molecule has 1 atom stereocenters. The van der Waals surface area contributed by atoms with Crippen molar-refractivity contribution in [2.24, 2.45) is 7.05 Å². The summed E-state index contributed by atoms with van der Waals surface area (Å²) in [5.74, 6) is 0.986. The SMILES string of the molecule is Cc1nn(C)cc1CNC1CCOc2ccc(Br)cc21. The lowest BCUT2D eigenvalue weighted by atomic mass is 10.0. The van der Waals surface area contributed by atoms with Crippen LogP contribution in [0.1, 0.15) is 29.3 Å². The van der Waals surface area contributed by atoms with Crippen molar-refractivity contribution in [3.63, 3.8) is 0 Å². The number of nitrogens with zero attached hydrogens (tertiary/aromatic N) is 2. The highest BCUT2D eigenvalue weighted by Gasteiger charge is 2.21. The lowest BCUT2D eigenvalue weighted by Crippen LogP contribution is -2.26. The number of nitrogens with one attached hydrogen (secondary N) is 1. The standard InChI is InChI=1S/C15H18BrN3O/c1-10-11(9-19(2)18-10)8-17-14-5-6-20-15-4-3-12(16)7-13(14)15/h3-4,7,9,14,17H,5-6,8H2,1-2H3. The first kappa shape index (κ1) is 13.6. The zero-order chi connectivity index (χ0) is 14.1. The summed E-state index contributed by atoms with van der Waals surface area (Å²) in [6.07, 6.45) is 3.06. The molecule has 0 amide bonds. The van der Waals surface area contributed by atoms with Crippen LogP contribution < -0.4 is 10.1 Å². The molecular formula is C15H18BrN3O. The second kappa shape index (κ2) is 5.58. The van der Waals surface area contributed by atoms with E-state index >= 15 is 0 Å². The number of halogens is 1. The third kappa shape index (κ3) is 2.74. The molecule has 0 saturated carbocycles. The van der Waals surface area contributed by atoms with E-state index in [0.29, 0.717) is 6.04 Å². The van der Waals surface area contributed by atoms with Crippen molar-refractivity contribution in [2.45, 2.75) is 25.9 Å². The summed E-state index contributed by atoms with van der Waals surface area (Å²) in [7, 11) is 1.96. The summed E-state index contributed by atoms with van der Waals surface area (Å²) in [5, 5.41) is 8.00. The summed E-state index contributed by atoms with van der Waals surface area (Å²) in [4.78, 5) is 0. The minimum atomic E-state index is 0.329. The van der Waals surface area contributed by atoms with Gasteiger partial charge in [0.2, 0.25) is 0 Å². The average Bonchev–Trinajstić information content (AvgIpc) is 2.74. The fraction of sp³-hybridized carbons (Fsp3) is 0.400. The van der Waals surface area contributed by atoms with Crippen LogP contribution in [0, 0.1) is 6.92 Å². The van der Waals surface area contributed by atoms with Gasteiger partial charge in [-0.1, -0.05) is 15.9 Å². The van der Waals surface area contributed by atoms with E-state index in [1.54, 1.807) is 0 Å². The third-order valence-corrected chi connectivity index (χ3v) is 4.16. The number of hydrogen-bond acceptors (Lipinski definition) is 3. The zero-order valence-corrected chi connectivity index (χ0v) is 13.3. The maximum atomic E-state index is 5.71. The Morgan fingerprint density at radius 1 is 1.50 bits per heavy atom. The van der Waals surface area contributed by atoms with Crippen LogP contribution in [0.2, 0.25) is 0 Å². The lowest BCUT2D eigenvalue weighted by Gasteiger charge is -2.27. The second-order valence-corrected chi connectivity index (χ2v) is 6.08. The highest BCUT2D eigenvalue weighted by atomic mass is 79.9. The van der Waals surface area contributed by atoms with Gasteiger partial charge in [-0.05, 0) is 25.1 Å². The number of aromatic nitrogens is 2. The molecule has 0 radical (unpaired) electrons. The van der Waals surface area contributed by atoms with E-state index in [2.05, 4.69) is 38.6 Å². The maximum absolute atomic E-state index is 5.71. The molecule has 0 saturated heterocycles. The third-order valence-electron chi connectivity index (χ3n) is 3.67. The second-order valence-electron chi connectivity index (χ2n) is 5.17. The van der Waals surface area contributed by atoms with Gasteiger partial charge >= 0.3 is 0 Å². The Hall–Kier alpha value is -1.33. The molecule has 4 nitrogen and oxygen atoms in total. The molecule has 0 fully saturated rings. The Morgan fingerprint density at radius 2 is 2.35 bits per heavy atom. The molecule has 2 aromatic rings. The van der Waals surface area contributed by atoms with Crippen LogP contribution in [-0.4, -0.2) is 16.4 Å². The monoisotopic (exact) mass is 335 g/mol. The van der Waals surface area contributed by atoms with Crippen molar-refractivity contribution in [3.05, 3.63) is 45.7 Å². The number of ether oxygens (including phenoxy) is 1. The summed E-state index contributed by atoms with van der Waals surface area (Å²) in [5.41, 5.74) is 3.56. The van der Waals surface area contributed by atoms with Crippen LogP contribution >= 0.6 is 15.9 Å². The molecule has 0 aliphatic carbocycles. The highest BCUT2D eigenvalue weighted by Crippen LogP contribution is 2.34. The highest BCUT2D eigenvalue weighted by molar-refractivity contribution is 9.10. The van der Waals surface area contributed by atoms with Crippen molar-refractivity contribution >= 4 is 15.9 Å². The Bertz CT molecular complexity index is 624. The van der Waals surface area contributed by atoms with Crippen molar-refractivity contribution < 1.29 is 4.74 Å². The van der Waals surface area contributed by atoms with E-state index < -0.39 is 0 Å². The number of fused-ring (bicyclic) bond motifs is 1. The molecule has 5 heteroatoms. The van der Waals surface area contributed by atoms with Gasteiger partial charge in [0.25, 0.3) is 0 Å². The van der Waals surface area contributed by atoms with Gasteiger partial charge < -0.3 is 10.1 Å². The van der Waals surface area contributed by atoms with Crippen molar-refractivity contribution in [1.29, 1.82) is 0 Å². The van der Waals surface area contributed by atoms with Gasteiger partial charge in [0.15, 0.2) is 0 Å². The topological polar surface area (TPSA) is 39.1 Å². The fourth-order valence-corrected chi connectivity index (χ4v) is 3.01. The van der Waals surface area contributed by atoms with E-state index in [9.17, 15) is 0 Å². The molecular weight excluding hydrogens is 318 g/mol. The largest absolute Gasteiger partial charge is 0.493 e. The van der Waals surface area contributed by atoms with Gasteiger partial charge in [-0.3, -0.25) is 4.68 Å². The fourth-order valence-electron chi connectivity index (χ4n) is 2.63. The minimum Gasteiger partial charge on any atom is -0.493 e. The Balaban J connectivity index is 1.76. The van der Waals surface area contributed by atoms with E-state index in [4.69, 9.17) is 4.74 Å². The van der Waals surface area contributed by atoms with E-state index in [1.165, 1.54) is 11.1 Å². The maximum Gasteiger partial charge on any atom is 0.124 e. The molecule has 1 aromatic heterocycles. The first-order valence-corrected chi connectivity index (χ1v) is 7.57. The first-order valence-electron chi connectivity index (χ1n) is 6.78. The molecule has 1 unspecified atom stereocenters. The van der Waals surface area contributed by atoms with Crippen LogP contribution in [0.5, 0.6) is 5.75 Å². The van der Waals surface area contributed by atoms with Crippen LogP contribution in [0.25, 0.3) is 0 Å². The molecule has 1 N–H and O–H groups in total. The van der Waals surface area contributed by atoms with E-state index in [0.717, 1.165) is 35.5 Å². The molecule has 3 rings (SSSR count). The summed E-state index contributed by atoms with van der Waals surface area (Å²) < 4.78 is 8.66. The van der Waals surface area contributed by atoms with Gasteiger partial charge in [0, 0.05) is 47.9 Å². The number of rotatable bonds is 3. The van der Waals surface area contributed by atoms with Crippen molar-refractivity contribution in [1.82, 2.24) is 15.1 Å². The smallest absolute Gasteiger partial charge is 0.124 e. The molecule has 106 valence electrons. The summed E-state index contributed by atoms with van der Waals surface area (Å²) >= 11 is 3.53. The number of hydrogen-bond donors (Lipinski definition) is 1. The Morgan fingerprint density at radius 3 is 3.10 bits per heavy atom. The predicted molar refractivity (Wildman–Crippen MR) is 81.8 cm³/mol. The van der Waals surface area contributed by atoms with E-state index in [1.807, 2.05) is 30.8 Å². The van der Waals surface area contributed by atoms with Crippen LogP contribution in [0.3, 0.4) is 0 Å². The predicted octanol–water partition coefficient (Wildman–Crippen LogP) is 3.10. The Labute approximate surface area is 127 Å². The van der Waals surface area contributed by atoms with Crippen LogP contribution in [0.15, 0.2) is 28.9 Å². The van der Waals surface area contributed by atoms with Crippen LogP contribution in [0.4, 0.5) is 0 Å². The molecule has 2 heterocycles. The molecule has 1 aromatic carbocycles. The van der Waals surface area contributed by atoms with Crippen molar-refractivity contribution in [2.75, 3.05) is 6.61 Å². The van der Waals surface area contributed by atoms with Crippen molar-refractivity contribution in [3.8, 4) is 5.75 Å². The quantitative estimate of drug-likeness (QED) is 0.936. The zero-order valence-electron chi connectivity index (χ0n) is 11.7. The van der Waals surface area contributed by atoms with Gasteiger partial charge in [-0.15, -0.1) is 0 Å². The normalized spacial score (nSPS) is 17.6. The first-order chi connectivity index (χ1) is 9.63. The summed E-state index contributed by atoms with van der Waals surface area (Å²) in [6, 6.07) is 6.52. The molecule has 0 spiro atoms. The minimum absolute atomic E-state index is 0.329. The summed E-state index contributed by atoms with van der Waals surface area (Å²) in [6.45, 7) is 3.64. The Kier molecular flexibility index (Phi) is 3.81. The average molecular weight is 336 g/mol. The van der Waals surface area contributed by atoms with Gasteiger partial charge in [-0.2, -0.15) is 5.10 Å².